The lowest BCUT2D eigenvalue weighted by molar-refractivity contribution is -0.385. The molecule has 1 heterocycles. The monoisotopic (exact) mass is 435 g/mol. The molecule has 0 saturated heterocycles. The molecule has 0 saturated carbocycles. The zero-order valence-corrected chi connectivity index (χ0v) is 18.3. The van der Waals surface area contributed by atoms with Crippen molar-refractivity contribution in [3.05, 3.63) is 81.0 Å². The summed E-state index contributed by atoms with van der Waals surface area (Å²) < 4.78 is 10.5. The van der Waals surface area contributed by atoms with Crippen LogP contribution in [0.5, 0.6) is 5.75 Å². The molecule has 0 N–H and O–H groups in total. The number of hydrogen-bond donors (Lipinski definition) is 0. The molecular formula is C24H25N3O5. The van der Waals surface area contributed by atoms with Crippen LogP contribution in [0.15, 0.2) is 59.3 Å². The molecule has 0 spiro atoms. The molecule has 0 amide bonds. The predicted octanol–water partition coefficient (Wildman–Crippen LogP) is 4.39. The van der Waals surface area contributed by atoms with Crippen LogP contribution < -0.4 is 4.74 Å². The van der Waals surface area contributed by atoms with E-state index in [2.05, 4.69) is 6.07 Å². The van der Waals surface area contributed by atoms with Gasteiger partial charge in [-0.25, -0.2) is 4.79 Å². The van der Waals surface area contributed by atoms with Gasteiger partial charge in [0.15, 0.2) is 0 Å². The number of non-ortho nitro benzene ring substituents is 1. The third kappa shape index (κ3) is 3.95. The van der Waals surface area contributed by atoms with Gasteiger partial charge in [0.25, 0.3) is 5.69 Å². The van der Waals surface area contributed by atoms with E-state index in [0.29, 0.717) is 5.70 Å². The maximum Gasteiger partial charge on any atom is 0.332 e. The number of allylic oxidation sites excluding steroid dienone is 1. The van der Waals surface area contributed by atoms with Crippen LogP contribution >= 0.6 is 0 Å². The molecule has 0 fully saturated rings. The second kappa shape index (κ2) is 8.82. The summed E-state index contributed by atoms with van der Waals surface area (Å²) in [7, 11) is 1.63. The minimum absolute atomic E-state index is 0.0159. The van der Waals surface area contributed by atoms with Crippen molar-refractivity contribution in [1.82, 2.24) is 5.01 Å². The minimum Gasteiger partial charge on any atom is -0.497 e. The first kappa shape index (κ1) is 21.5. The molecule has 0 radical (unpaired) electrons. The van der Waals surface area contributed by atoms with Crippen LogP contribution in [0.4, 0.5) is 5.69 Å². The molecule has 8 nitrogen and oxygen atoms in total. The van der Waals surface area contributed by atoms with Crippen molar-refractivity contribution in [2.24, 2.45) is 11.0 Å². The van der Waals surface area contributed by atoms with E-state index in [1.807, 2.05) is 18.2 Å². The van der Waals surface area contributed by atoms with Gasteiger partial charge < -0.3 is 9.47 Å². The number of fused-ring (bicyclic) bond motifs is 3. The van der Waals surface area contributed by atoms with Gasteiger partial charge in [-0.15, -0.1) is 0 Å². The lowest BCUT2D eigenvalue weighted by Crippen LogP contribution is -2.28. The fourth-order valence-corrected chi connectivity index (χ4v) is 4.49. The molecule has 0 unspecified atom stereocenters. The van der Waals surface area contributed by atoms with E-state index in [1.165, 1.54) is 17.7 Å². The van der Waals surface area contributed by atoms with Crippen LogP contribution in [-0.2, 0) is 16.0 Å². The Hall–Kier alpha value is -3.68. The molecule has 4 rings (SSSR count). The molecule has 2 aliphatic rings. The first-order chi connectivity index (χ1) is 15.4. The number of hydrogen-bond acceptors (Lipinski definition) is 7. The van der Waals surface area contributed by atoms with E-state index in [0.717, 1.165) is 35.4 Å². The highest BCUT2D eigenvalue weighted by atomic mass is 16.6. The number of aryl methyl sites for hydroxylation is 1. The Morgan fingerprint density at radius 2 is 2.12 bits per heavy atom. The average molecular weight is 435 g/mol. The van der Waals surface area contributed by atoms with Gasteiger partial charge in [-0.1, -0.05) is 18.2 Å². The lowest BCUT2D eigenvalue weighted by Gasteiger charge is -2.31. The van der Waals surface area contributed by atoms with E-state index >= 15 is 0 Å². The number of esters is 1. The summed E-state index contributed by atoms with van der Waals surface area (Å²) in [5.41, 5.74) is 4.53. The van der Waals surface area contributed by atoms with Crippen LogP contribution in [0.25, 0.3) is 0 Å². The Labute approximate surface area is 186 Å². The molecule has 2 atom stereocenters. The topological polar surface area (TPSA) is 94.3 Å². The molecule has 32 heavy (non-hydrogen) atoms. The number of methoxy groups -OCH3 is 1. The van der Waals surface area contributed by atoms with Crippen LogP contribution in [0.1, 0.15) is 43.0 Å². The number of nitrogens with zero attached hydrogens (tertiary/aromatic N) is 3. The molecule has 166 valence electrons. The molecule has 1 aliphatic carbocycles. The summed E-state index contributed by atoms with van der Waals surface area (Å²) in [6, 6.07) is 12.3. The number of ether oxygens (including phenoxy) is 2. The van der Waals surface area contributed by atoms with Gasteiger partial charge in [0.1, 0.15) is 5.75 Å². The Kier molecular flexibility index (Phi) is 5.94. The normalized spacial score (nSPS) is 19.7. The van der Waals surface area contributed by atoms with Crippen LogP contribution in [0, 0.1) is 16.0 Å². The Morgan fingerprint density at radius 1 is 1.31 bits per heavy atom. The van der Waals surface area contributed by atoms with Crippen molar-refractivity contribution in [2.45, 2.75) is 32.7 Å². The largest absolute Gasteiger partial charge is 0.497 e. The van der Waals surface area contributed by atoms with Crippen molar-refractivity contribution in [3.63, 3.8) is 0 Å². The van der Waals surface area contributed by atoms with E-state index in [-0.39, 0.29) is 24.3 Å². The lowest BCUT2D eigenvalue weighted by atomic mass is 9.77. The smallest absolute Gasteiger partial charge is 0.332 e. The number of rotatable bonds is 6. The number of hydrazone groups is 1. The summed E-state index contributed by atoms with van der Waals surface area (Å²) in [5.74, 6) is 0.318. The summed E-state index contributed by atoms with van der Waals surface area (Å²) >= 11 is 0. The molecule has 0 aromatic heterocycles. The maximum atomic E-state index is 12.1. The standard InChI is InChI=1S/C24H25N3O5/c1-4-32-22(28)12-15(2)26-24(17-6-5-7-18(13-17)27(29)30)20-11-9-16-8-10-19(31-3)14-21(16)23(20)25-26/h5-8,10,12-14,20,24H,4,9,11H2,1-3H3/b15-12+/t20-,24+/m1/s1. The maximum absolute atomic E-state index is 12.1. The van der Waals surface area contributed by atoms with Gasteiger partial charge in [-0.2, -0.15) is 5.10 Å². The zero-order chi connectivity index (χ0) is 22.8. The number of carbonyl (C=O) groups is 1. The predicted molar refractivity (Wildman–Crippen MR) is 119 cm³/mol. The Bertz CT molecular complexity index is 1120. The van der Waals surface area contributed by atoms with E-state index in [4.69, 9.17) is 14.6 Å². The number of carbonyl (C=O) groups excluding carboxylic acids is 1. The highest BCUT2D eigenvalue weighted by Gasteiger charge is 2.42. The first-order valence-electron chi connectivity index (χ1n) is 10.6. The van der Waals surface area contributed by atoms with Crippen LogP contribution in [-0.4, -0.2) is 35.3 Å². The summed E-state index contributed by atoms with van der Waals surface area (Å²) in [5, 5.41) is 18.1. The summed E-state index contributed by atoms with van der Waals surface area (Å²) in [4.78, 5) is 23.1. The summed E-state index contributed by atoms with van der Waals surface area (Å²) in [6.07, 6.45) is 3.12. The van der Waals surface area contributed by atoms with E-state index in [9.17, 15) is 14.9 Å². The van der Waals surface area contributed by atoms with E-state index < -0.39 is 10.9 Å². The minimum atomic E-state index is -0.445. The van der Waals surface area contributed by atoms with Crippen molar-refractivity contribution >= 4 is 17.4 Å². The van der Waals surface area contributed by atoms with Gasteiger partial charge in [-0.3, -0.25) is 15.1 Å². The second-order valence-corrected chi connectivity index (χ2v) is 7.83. The fourth-order valence-electron chi connectivity index (χ4n) is 4.49. The molecule has 8 heteroatoms. The summed E-state index contributed by atoms with van der Waals surface area (Å²) in [6.45, 7) is 3.83. The molecule has 2 aromatic rings. The third-order valence-corrected chi connectivity index (χ3v) is 5.93. The third-order valence-electron chi connectivity index (χ3n) is 5.93. The van der Waals surface area contributed by atoms with Crippen molar-refractivity contribution in [1.29, 1.82) is 0 Å². The van der Waals surface area contributed by atoms with Gasteiger partial charge in [0.2, 0.25) is 0 Å². The fraction of sp³-hybridized carbons (Fsp3) is 0.333. The Morgan fingerprint density at radius 3 is 2.84 bits per heavy atom. The van der Waals surface area contributed by atoms with E-state index in [1.54, 1.807) is 38.1 Å². The van der Waals surface area contributed by atoms with Gasteiger partial charge >= 0.3 is 5.97 Å². The molecule has 2 aromatic carbocycles. The first-order valence-corrected chi connectivity index (χ1v) is 10.6. The average Bonchev–Trinajstić information content (AvgIpc) is 3.19. The van der Waals surface area contributed by atoms with Crippen molar-refractivity contribution in [2.75, 3.05) is 13.7 Å². The quantitative estimate of drug-likeness (QED) is 0.289. The highest BCUT2D eigenvalue weighted by molar-refractivity contribution is 6.06. The molecule has 0 bridgehead atoms. The van der Waals surface area contributed by atoms with Gasteiger partial charge in [0.05, 0.1) is 30.4 Å². The SMILES string of the molecule is CCOC(=O)/C=C(\C)N1N=C2c3cc(OC)ccc3CC[C@H]2[C@@H]1c1cccc([N+](=O)[O-])c1. The number of benzene rings is 2. The Balaban J connectivity index is 1.82. The van der Waals surface area contributed by atoms with Crippen LogP contribution in [0.2, 0.25) is 0 Å². The number of nitro benzene ring substituents is 1. The van der Waals surface area contributed by atoms with Gasteiger partial charge in [-0.05, 0) is 49.9 Å². The molecular weight excluding hydrogens is 410 g/mol. The van der Waals surface area contributed by atoms with Crippen molar-refractivity contribution < 1.29 is 19.2 Å². The second-order valence-electron chi connectivity index (χ2n) is 7.83. The zero-order valence-electron chi connectivity index (χ0n) is 18.3. The van der Waals surface area contributed by atoms with Crippen LogP contribution in [0.3, 0.4) is 0 Å². The highest BCUT2D eigenvalue weighted by Crippen LogP contribution is 2.45. The number of nitro groups is 1. The molecule has 1 aliphatic heterocycles. The van der Waals surface area contributed by atoms with Crippen molar-refractivity contribution in [3.8, 4) is 5.75 Å². The van der Waals surface area contributed by atoms with Gasteiger partial charge in [0, 0.05) is 35.4 Å².